The van der Waals surface area contributed by atoms with Crippen LogP contribution in [0.5, 0.6) is 0 Å². The molecule has 1 unspecified atom stereocenters. The van der Waals surface area contributed by atoms with Crippen LogP contribution in [0, 0.1) is 11.7 Å². The molecule has 0 spiro atoms. The van der Waals surface area contributed by atoms with Crippen molar-refractivity contribution in [3.05, 3.63) is 72.4 Å². The van der Waals surface area contributed by atoms with Gasteiger partial charge in [-0.2, -0.15) is 0 Å². The van der Waals surface area contributed by atoms with Crippen molar-refractivity contribution < 1.29 is 9.50 Å². The molecule has 3 heterocycles. The van der Waals surface area contributed by atoms with Crippen molar-refractivity contribution in [2.45, 2.75) is 13.0 Å². The Bertz CT molecular complexity index is 899. The molecule has 0 amide bonds. The Balaban J connectivity index is 1.70. The smallest absolute Gasteiger partial charge is 0.123 e. The Labute approximate surface area is 158 Å². The molecule has 5 heteroatoms. The number of benzene rings is 1. The lowest BCUT2D eigenvalue weighted by molar-refractivity contribution is 0.220. The van der Waals surface area contributed by atoms with Crippen LogP contribution >= 0.6 is 0 Å². The maximum atomic E-state index is 13.3. The summed E-state index contributed by atoms with van der Waals surface area (Å²) in [4.78, 5) is 11.2. The second-order valence-corrected chi connectivity index (χ2v) is 7.05. The molecule has 1 aliphatic heterocycles. The molecule has 0 radical (unpaired) electrons. The van der Waals surface area contributed by atoms with Gasteiger partial charge in [-0.1, -0.05) is 12.1 Å². The van der Waals surface area contributed by atoms with E-state index >= 15 is 0 Å². The number of halogens is 1. The number of likely N-dealkylation sites (tertiary alicyclic amines) is 1. The average Bonchev–Trinajstić information content (AvgIpc) is 3.17. The van der Waals surface area contributed by atoms with Gasteiger partial charge < -0.3 is 5.11 Å². The Kier molecular flexibility index (Phi) is 5.23. The molecule has 4 nitrogen and oxygen atoms in total. The van der Waals surface area contributed by atoms with E-state index in [4.69, 9.17) is 4.98 Å². The summed E-state index contributed by atoms with van der Waals surface area (Å²) in [5.41, 5.74) is 5.02. The first-order valence-electron chi connectivity index (χ1n) is 9.21. The second-order valence-electron chi connectivity index (χ2n) is 7.05. The van der Waals surface area contributed by atoms with Gasteiger partial charge in [-0.25, -0.2) is 4.39 Å². The second kappa shape index (κ2) is 7.94. The van der Waals surface area contributed by atoms with Gasteiger partial charge in [-0.05, 0) is 60.3 Å². The van der Waals surface area contributed by atoms with Crippen LogP contribution in [0.4, 0.5) is 4.39 Å². The minimum Gasteiger partial charge on any atom is -0.396 e. The van der Waals surface area contributed by atoms with Crippen LogP contribution < -0.4 is 0 Å². The molecular formula is C22H22FN3O. The Morgan fingerprint density at radius 2 is 1.81 bits per heavy atom. The highest BCUT2D eigenvalue weighted by Gasteiger charge is 2.23. The zero-order valence-corrected chi connectivity index (χ0v) is 15.1. The number of aromatic nitrogens is 2. The molecule has 1 saturated heterocycles. The van der Waals surface area contributed by atoms with Crippen molar-refractivity contribution in [3.8, 4) is 22.4 Å². The summed E-state index contributed by atoms with van der Waals surface area (Å²) in [6.45, 7) is 2.88. The topological polar surface area (TPSA) is 49.2 Å². The van der Waals surface area contributed by atoms with Gasteiger partial charge in [0.05, 0.1) is 5.69 Å². The first kappa shape index (κ1) is 17.8. The van der Waals surface area contributed by atoms with Crippen LogP contribution in [-0.4, -0.2) is 39.7 Å². The monoisotopic (exact) mass is 363 g/mol. The molecule has 138 valence electrons. The Morgan fingerprint density at radius 3 is 2.52 bits per heavy atom. The van der Waals surface area contributed by atoms with Crippen molar-refractivity contribution in [2.24, 2.45) is 5.92 Å². The molecule has 1 N–H and O–H groups in total. The normalized spacial score (nSPS) is 17.3. The Hall–Kier alpha value is -2.63. The lowest BCUT2D eigenvalue weighted by Gasteiger charge is -2.19. The number of aliphatic hydroxyl groups is 1. The standard InChI is InChI=1S/C22H22FN3O/c23-21-3-1-17(2-4-21)19-11-20(14-26-10-7-16(13-26)15-27)22(25-12-19)18-5-8-24-9-6-18/h1-6,8-9,11-12,16,27H,7,10,13-15H2. The number of rotatable bonds is 5. The molecule has 4 rings (SSSR count). The highest BCUT2D eigenvalue weighted by atomic mass is 19.1. The zero-order chi connectivity index (χ0) is 18.6. The van der Waals surface area contributed by atoms with Crippen molar-refractivity contribution in [2.75, 3.05) is 19.7 Å². The van der Waals surface area contributed by atoms with Crippen LogP contribution in [-0.2, 0) is 6.54 Å². The predicted octanol–water partition coefficient (Wildman–Crippen LogP) is 3.76. The quantitative estimate of drug-likeness (QED) is 0.750. The molecule has 0 aliphatic carbocycles. The van der Waals surface area contributed by atoms with Crippen LogP contribution in [0.3, 0.4) is 0 Å². The van der Waals surface area contributed by atoms with Gasteiger partial charge in [0.15, 0.2) is 0 Å². The van der Waals surface area contributed by atoms with Crippen LogP contribution in [0.2, 0.25) is 0 Å². The van der Waals surface area contributed by atoms with E-state index < -0.39 is 0 Å². The summed E-state index contributed by atoms with van der Waals surface area (Å²) in [5, 5.41) is 9.42. The molecule has 1 aromatic carbocycles. The summed E-state index contributed by atoms with van der Waals surface area (Å²) >= 11 is 0. The maximum absolute atomic E-state index is 13.3. The lowest BCUT2D eigenvalue weighted by Crippen LogP contribution is -2.21. The van der Waals surface area contributed by atoms with Gasteiger partial charge in [-0.15, -0.1) is 0 Å². The molecular weight excluding hydrogens is 341 g/mol. The molecule has 3 aromatic rings. The third kappa shape index (κ3) is 4.04. The predicted molar refractivity (Wildman–Crippen MR) is 103 cm³/mol. The van der Waals surface area contributed by atoms with Crippen molar-refractivity contribution >= 4 is 0 Å². The minimum absolute atomic E-state index is 0.238. The van der Waals surface area contributed by atoms with Crippen LogP contribution in [0.15, 0.2) is 61.1 Å². The largest absolute Gasteiger partial charge is 0.396 e. The number of pyridine rings is 2. The van der Waals surface area contributed by atoms with E-state index in [0.717, 1.165) is 54.0 Å². The van der Waals surface area contributed by atoms with Gasteiger partial charge in [0, 0.05) is 49.4 Å². The third-order valence-corrected chi connectivity index (χ3v) is 5.12. The molecule has 27 heavy (non-hydrogen) atoms. The van der Waals surface area contributed by atoms with E-state index in [1.165, 1.54) is 12.1 Å². The number of nitrogens with zero attached hydrogens (tertiary/aromatic N) is 3. The van der Waals surface area contributed by atoms with Gasteiger partial charge in [0.2, 0.25) is 0 Å². The van der Waals surface area contributed by atoms with E-state index in [1.54, 1.807) is 24.5 Å². The Morgan fingerprint density at radius 1 is 1.04 bits per heavy atom. The first-order chi connectivity index (χ1) is 13.2. The van der Waals surface area contributed by atoms with E-state index in [2.05, 4.69) is 16.0 Å². The number of hydrogen-bond donors (Lipinski definition) is 1. The summed E-state index contributed by atoms with van der Waals surface area (Å²) in [6, 6.07) is 12.6. The lowest BCUT2D eigenvalue weighted by atomic mass is 10.0. The van der Waals surface area contributed by atoms with Crippen LogP contribution in [0.1, 0.15) is 12.0 Å². The van der Waals surface area contributed by atoms with Gasteiger partial charge in [0.25, 0.3) is 0 Å². The number of hydrogen-bond acceptors (Lipinski definition) is 4. The summed E-state index contributed by atoms with van der Waals surface area (Å²) in [5.74, 6) is 0.107. The summed E-state index contributed by atoms with van der Waals surface area (Å²) < 4.78 is 13.3. The summed E-state index contributed by atoms with van der Waals surface area (Å²) in [7, 11) is 0. The average molecular weight is 363 g/mol. The van der Waals surface area contributed by atoms with Gasteiger partial charge in [0.1, 0.15) is 5.82 Å². The zero-order valence-electron chi connectivity index (χ0n) is 15.1. The SMILES string of the molecule is OCC1CCN(Cc2cc(-c3ccc(F)cc3)cnc2-c2ccncc2)C1. The van der Waals surface area contributed by atoms with Gasteiger partial charge >= 0.3 is 0 Å². The summed E-state index contributed by atoms with van der Waals surface area (Å²) in [6.07, 6.45) is 6.40. The first-order valence-corrected chi connectivity index (χ1v) is 9.21. The minimum atomic E-state index is -0.243. The van der Waals surface area contributed by atoms with E-state index in [1.807, 2.05) is 18.3 Å². The fraction of sp³-hybridized carbons (Fsp3) is 0.273. The molecule has 1 aliphatic rings. The molecule has 0 saturated carbocycles. The maximum Gasteiger partial charge on any atom is 0.123 e. The highest BCUT2D eigenvalue weighted by molar-refractivity contribution is 5.69. The van der Waals surface area contributed by atoms with Crippen molar-refractivity contribution in [1.82, 2.24) is 14.9 Å². The fourth-order valence-corrected chi connectivity index (χ4v) is 3.65. The van der Waals surface area contributed by atoms with Crippen molar-refractivity contribution in [3.63, 3.8) is 0 Å². The van der Waals surface area contributed by atoms with Crippen molar-refractivity contribution in [1.29, 1.82) is 0 Å². The van der Waals surface area contributed by atoms with Gasteiger partial charge in [-0.3, -0.25) is 14.9 Å². The number of aliphatic hydroxyl groups excluding tert-OH is 1. The van der Waals surface area contributed by atoms with E-state index in [9.17, 15) is 9.50 Å². The molecule has 2 aromatic heterocycles. The van der Waals surface area contributed by atoms with E-state index in [0.29, 0.717) is 5.92 Å². The third-order valence-electron chi connectivity index (χ3n) is 5.12. The molecule has 0 bridgehead atoms. The fourth-order valence-electron chi connectivity index (χ4n) is 3.65. The molecule has 1 atom stereocenters. The molecule has 1 fully saturated rings. The van der Waals surface area contributed by atoms with Crippen LogP contribution in [0.25, 0.3) is 22.4 Å². The van der Waals surface area contributed by atoms with E-state index in [-0.39, 0.29) is 12.4 Å². The highest BCUT2D eigenvalue weighted by Crippen LogP contribution is 2.29.